The SMILES string of the molecule is Cc1cc(Cl)cnc1CN(CCc1c[nH]cn1)Cc1ncccc1C(C)(C)c1ccc(F)cc1. The Morgan fingerprint density at radius 3 is 2.50 bits per heavy atom. The molecule has 0 aliphatic rings. The van der Waals surface area contributed by atoms with Crippen LogP contribution in [0.4, 0.5) is 4.39 Å². The molecule has 7 heteroatoms. The Balaban J connectivity index is 1.63. The summed E-state index contributed by atoms with van der Waals surface area (Å²) >= 11 is 6.13. The molecule has 0 saturated carbocycles. The highest BCUT2D eigenvalue weighted by atomic mass is 35.5. The molecule has 0 aliphatic carbocycles. The fourth-order valence-electron chi connectivity index (χ4n) is 4.23. The number of aryl methyl sites for hydroxylation is 1. The maximum atomic E-state index is 13.6. The van der Waals surface area contributed by atoms with Crippen LogP contribution in [0.1, 0.15) is 47.6 Å². The monoisotopic (exact) mass is 477 g/mol. The Kier molecular flexibility index (Phi) is 7.39. The Labute approximate surface area is 205 Å². The van der Waals surface area contributed by atoms with E-state index in [2.05, 4.69) is 39.8 Å². The van der Waals surface area contributed by atoms with E-state index < -0.39 is 0 Å². The summed E-state index contributed by atoms with van der Waals surface area (Å²) in [6.07, 6.45) is 7.96. The van der Waals surface area contributed by atoms with Gasteiger partial charge in [-0.25, -0.2) is 9.37 Å². The summed E-state index contributed by atoms with van der Waals surface area (Å²) in [5.41, 5.74) is 5.88. The molecule has 5 nitrogen and oxygen atoms in total. The van der Waals surface area contributed by atoms with Crippen molar-refractivity contribution >= 4 is 11.6 Å². The fraction of sp³-hybridized carbons (Fsp3) is 0.296. The number of nitrogens with zero attached hydrogens (tertiary/aromatic N) is 4. The lowest BCUT2D eigenvalue weighted by Crippen LogP contribution is -2.29. The van der Waals surface area contributed by atoms with Gasteiger partial charge in [-0.3, -0.25) is 14.9 Å². The molecule has 4 rings (SSSR count). The van der Waals surface area contributed by atoms with Gasteiger partial charge < -0.3 is 4.98 Å². The number of rotatable bonds is 9. The number of hydrogen-bond acceptors (Lipinski definition) is 4. The molecule has 0 atom stereocenters. The van der Waals surface area contributed by atoms with E-state index in [1.165, 1.54) is 12.1 Å². The quantitative estimate of drug-likeness (QED) is 0.327. The number of H-pyrrole nitrogens is 1. The molecule has 4 aromatic rings. The zero-order chi connectivity index (χ0) is 24.1. The van der Waals surface area contributed by atoms with Crippen LogP contribution in [0.5, 0.6) is 0 Å². The molecular weight excluding hydrogens is 449 g/mol. The first-order valence-corrected chi connectivity index (χ1v) is 11.7. The van der Waals surface area contributed by atoms with Gasteiger partial charge in [-0.1, -0.05) is 43.6 Å². The van der Waals surface area contributed by atoms with Gasteiger partial charge in [0.15, 0.2) is 0 Å². The predicted molar refractivity (Wildman–Crippen MR) is 133 cm³/mol. The first-order chi connectivity index (χ1) is 16.3. The normalized spacial score (nSPS) is 11.8. The molecule has 0 aliphatic heterocycles. The van der Waals surface area contributed by atoms with Crippen molar-refractivity contribution in [1.82, 2.24) is 24.8 Å². The van der Waals surface area contributed by atoms with Crippen LogP contribution in [0, 0.1) is 12.7 Å². The minimum Gasteiger partial charge on any atom is -0.351 e. The minimum absolute atomic E-state index is 0.235. The maximum absolute atomic E-state index is 13.6. The number of nitrogens with one attached hydrogen (secondary N) is 1. The van der Waals surface area contributed by atoms with Crippen LogP contribution in [0.3, 0.4) is 0 Å². The van der Waals surface area contributed by atoms with Crippen LogP contribution in [0.15, 0.2) is 67.4 Å². The lowest BCUT2D eigenvalue weighted by atomic mass is 9.77. The first kappa shape index (κ1) is 24.0. The molecule has 0 fully saturated rings. The van der Waals surface area contributed by atoms with Gasteiger partial charge in [-0.2, -0.15) is 0 Å². The molecular formula is C27H29ClFN5. The minimum atomic E-state index is -0.334. The molecule has 3 aromatic heterocycles. The average molecular weight is 478 g/mol. The van der Waals surface area contributed by atoms with E-state index in [9.17, 15) is 4.39 Å². The van der Waals surface area contributed by atoms with Crippen molar-refractivity contribution in [3.8, 4) is 0 Å². The first-order valence-electron chi connectivity index (χ1n) is 11.3. The number of imidazole rings is 1. The molecule has 176 valence electrons. The fourth-order valence-corrected chi connectivity index (χ4v) is 4.44. The van der Waals surface area contributed by atoms with Crippen molar-refractivity contribution in [3.05, 3.63) is 112 Å². The van der Waals surface area contributed by atoms with Crippen LogP contribution in [0.25, 0.3) is 0 Å². The van der Waals surface area contributed by atoms with Crippen LogP contribution in [0.2, 0.25) is 5.02 Å². The summed E-state index contributed by atoms with van der Waals surface area (Å²) in [6.45, 7) is 8.44. The van der Waals surface area contributed by atoms with Gasteiger partial charge in [0.25, 0.3) is 0 Å². The number of pyridine rings is 2. The lowest BCUT2D eigenvalue weighted by Gasteiger charge is -2.30. The molecule has 0 radical (unpaired) electrons. The zero-order valence-corrected chi connectivity index (χ0v) is 20.5. The Hall–Kier alpha value is -3.09. The van der Waals surface area contributed by atoms with Gasteiger partial charge in [0, 0.05) is 50.1 Å². The predicted octanol–water partition coefficient (Wildman–Crippen LogP) is 5.87. The second-order valence-electron chi connectivity index (χ2n) is 9.07. The highest BCUT2D eigenvalue weighted by Gasteiger charge is 2.27. The summed E-state index contributed by atoms with van der Waals surface area (Å²) < 4.78 is 13.6. The van der Waals surface area contributed by atoms with E-state index >= 15 is 0 Å². The Bertz CT molecular complexity index is 1220. The Morgan fingerprint density at radius 1 is 1.03 bits per heavy atom. The highest BCUT2D eigenvalue weighted by molar-refractivity contribution is 6.30. The summed E-state index contributed by atoms with van der Waals surface area (Å²) in [5, 5.41) is 0.636. The maximum Gasteiger partial charge on any atom is 0.123 e. The van der Waals surface area contributed by atoms with E-state index in [1.807, 2.05) is 43.6 Å². The van der Waals surface area contributed by atoms with Gasteiger partial charge >= 0.3 is 0 Å². The van der Waals surface area contributed by atoms with Crippen molar-refractivity contribution < 1.29 is 4.39 Å². The van der Waals surface area contributed by atoms with E-state index in [4.69, 9.17) is 16.6 Å². The summed E-state index contributed by atoms with van der Waals surface area (Å²) in [5.74, 6) is -0.235. The number of hydrogen-bond donors (Lipinski definition) is 1. The van der Waals surface area contributed by atoms with Crippen molar-refractivity contribution in [2.45, 2.75) is 45.7 Å². The van der Waals surface area contributed by atoms with E-state index in [-0.39, 0.29) is 11.2 Å². The molecule has 1 aromatic carbocycles. The number of benzene rings is 1. The topological polar surface area (TPSA) is 57.7 Å². The number of aromatic nitrogens is 4. The third-order valence-corrected chi connectivity index (χ3v) is 6.48. The smallest absolute Gasteiger partial charge is 0.123 e. The van der Waals surface area contributed by atoms with Gasteiger partial charge in [0.1, 0.15) is 5.82 Å². The number of aromatic amines is 1. The number of halogens is 2. The second kappa shape index (κ2) is 10.5. The third-order valence-electron chi connectivity index (χ3n) is 6.27. The molecule has 1 N–H and O–H groups in total. The van der Waals surface area contributed by atoms with Crippen molar-refractivity contribution in [1.29, 1.82) is 0 Å². The average Bonchev–Trinajstić information content (AvgIpc) is 3.33. The molecule has 3 heterocycles. The largest absolute Gasteiger partial charge is 0.351 e. The van der Waals surface area contributed by atoms with Gasteiger partial charge in [0.05, 0.1) is 28.4 Å². The molecule has 0 unspecified atom stereocenters. The van der Waals surface area contributed by atoms with E-state index in [0.717, 1.165) is 46.7 Å². The van der Waals surface area contributed by atoms with Gasteiger partial charge in [-0.15, -0.1) is 0 Å². The lowest BCUT2D eigenvalue weighted by molar-refractivity contribution is 0.251. The van der Waals surface area contributed by atoms with Crippen LogP contribution < -0.4 is 0 Å². The molecule has 0 amide bonds. The van der Waals surface area contributed by atoms with E-state index in [1.54, 1.807) is 12.5 Å². The third kappa shape index (κ3) is 5.69. The molecule has 0 spiro atoms. The second-order valence-corrected chi connectivity index (χ2v) is 9.50. The van der Waals surface area contributed by atoms with Gasteiger partial charge in [0.2, 0.25) is 0 Å². The summed E-state index contributed by atoms with van der Waals surface area (Å²) in [7, 11) is 0. The Morgan fingerprint density at radius 2 is 1.79 bits per heavy atom. The molecule has 0 saturated heterocycles. The summed E-state index contributed by atoms with van der Waals surface area (Å²) in [6, 6.07) is 12.7. The van der Waals surface area contributed by atoms with Crippen molar-refractivity contribution in [3.63, 3.8) is 0 Å². The van der Waals surface area contributed by atoms with E-state index in [0.29, 0.717) is 18.1 Å². The van der Waals surface area contributed by atoms with Crippen molar-refractivity contribution in [2.75, 3.05) is 6.54 Å². The van der Waals surface area contributed by atoms with Crippen LogP contribution in [-0.4, -0.2) is 31.4 Å². The zero-order valence-electron chi connectivity index (χ0n) is 19.7. The van der Waals surface area contributed by atoms with Crippen molar-refractivity contribution in [2.24, 2.45) is 0 Å². The van der Waals surface area contributed by atoms with Crippen LogP contribution >= 0.6 is 11.6 Å². The molecule has 0 bridgehead atoms. The van der Waals surface area contributed by atoms with Gasteiger partial charge in [-0.05, 0) is 47.9 Å². The summed E-state index contributed by atoms with van der Waals surface area (Å²) in [4.78, 5) is 19.1. The molecule has 34 heavy (non-hydrogen) atoms. The van der Waals surface area contributed by atoms with Crippen LogP contribution in [-0.2, 0) is 24.9 Å². The standard InChI is InChI=1S/C27H29ClFN5/c1-19-13-21(28)14-32-25(19)16-34(12-10-23-15-30-18-33-23)17-26-24(5-4-11-31-26)27(2,3)20-6-8-22(29)9-7-20/h4-9,11,13-15,18H,10,12,16-17H2,1-3H3,(H,30,33). The highest BCUT2D eigenvalue weighted by Crippen LogP contribution is 2.33.